The van der Waals surface area contributed by atoms with Gasteiger partial charge in [0.25, 0.3) is 0 Å². The van der Waals surface area contributed by atoms with Crippen molar-refractivity contribution in [2.24, 2.45) is 17.6 Å². The number of likely N-dealkylation sites (tertiary alicyclic amines) is 1. The molecule has 0 radical (unpaired) electrons. The standard InChI is InChI=1S/C11H20N2/c12-10-5-6-13(7-10)11(8-1-2-8)9-3-4-9/h8-11H,1-7,12H2/t10-/m1/s1. The normalized spacial score (nSPS) is 36.0. The molecule has 13 heavy (non-hydrogen) atoms. The quantitative estimate of drug-likeness (QED) is 0.707. The van der Waals surface area contributed by atoms with Gasteiger partial charge in [-0.25, -0.2) is 0 Å². The highest BCUT2D eigenvalue weighted by molar-refractivity contribution is 4.99. The van der Waals surface area contributed by atoms with Gasteiger partial charge in [0, 0.05) is 25.2 Å². The van der Waals surface area contributed by atoms with Crippen molar-refractivity contribution in [2.75, 3.05) is 13.1 Å². The minimum absolute atomic E-state index is 0.472. The molecule has 0 amide bonds. The SMILES string of the molecule is N[C@@H]1CCN(C(C2CC2)C2CC2)C1. The van der Waals surface area contributed by atoms with E-state index in [9.17, 15) is 0 Å². The van der Waals surface area contributed by atoms with Crippen LogP contribution in [0.5, 0.6) is 0 Å². The molecule has 2 saturated carbocycles. The third kappa shape index (κ3) is 1.62. The molecule has 0 bridgehead atoms. The Morgan fingerprint density at radius 3 is 2.00 bits per heavy atom. The average molecular weight is 180 g/mol. The molecule has 2 nitrogen and oxygen atoms in total. The Morgan fingerprint density at radius 2 is 1.62 bits per heavy atom. The number of nitrogens with two attached hydrogens (primary N) is 1. The molecule has 0 aromatic heterocycles. The van der Waals surface area contributed by atoms with Gasteiger partial charge in [0.15, 0.2) is 0 Å². The Morgan fingerprint density at radius 1 is 1.00 bits per heavy atom. The van der Waals surface area contributed by atoms with Crippen LogP contribution in [0.25, 0.3) is 0 Å². The molecule has 3 aliphatic rings. The first-order chi connectivity index (χ1) is 6.34. The lowest BCUT2D eigenvalue weighted by atomic mass is 10.1. The van der Waals surface area contributed by atoms with Crippen LogP contribution in [-0.2, 0) is 0 Å². The molecule has 0 spiro atoms. The van der Waals surface area contributed by atoms with Crippen LogP contribution in [0, 0.1) is 11.8 Å². The van der Waals surface area contributed by atoms with E-state index >= 15 is 0 Å². The maximum atomic E-state index is 5.96. The van der Waals surface area contributed by atoms with E-state index in [1.165, 1.54) is 45.2 Å². The van der Waals surface area contributed by atoms with Crippen LogP contribution in [0.1, 0.15) is 32.1 Å². The number of rotatable bonds is 3. The fraction of sp³-hybridized carbons (Fsp3) is 1.00. The van der Waals surface area contributed by atoms with E-state index in [0.29, 0.717) is 6.04 Å². The van der Waals surface area contributed by atoms with E-state index in [0.717, 1.165) is 17.9 Å². The molecule has 3 rings (SSSR count). The van der Waals surface area contributed by atoms with Crippen LogP contribution >= 0.6 is 0 Å². The maximum absolute atomic E-state index is 5.96. The fourth-order valence-electron chi connectivity index (χ4n) is 2.94. The molecule has 74 valence electrons. The van der Waals surface area contributed by atoms with E-state index < -0.39 is 0 Å². The summed E-state index contributed by atoms with van der Waals surface area (Å²) in [4.78, 5) is 2.69. The van der Waals surface area contributed by atoms with Crippen LogP contribution in [0.2, 0.25) is 0 Å². The summed E-state index contributed by atoms with van der Waals surface area (Å²) in [6.07, 6.45) is 7.20. The van der Waals surface area contributed by atoms with Gasteiger partial charge in [-0.3, -0.25) is 4.90 Å². The van der Waals surface area contributed by atoms with Crippen molar-refractivity contribution in [3.63, 3.8) is 0 Å². The van der Waals surface area contributed by atoms with Crippen LogP contribution < -0.4 is 5.73 Å². The topological polar surface area (TPSA) is 29.3 Å². The van der Waals surface area contributed by atoms with Crippen molar-refractivity contribution in [3.05, 3.63) is 0 Å². The number of nitrogens with zero attached hydrogens (tertiary/aromatic N) is 1. The highest BCUT2D eigenvalue weighted by Crippen LogP contribution is 2.47. The molecule has 1 atom stereocenters. The summed E-state index contributed by atoms with van der Waals surface area (Å²) >= 11 is 0. The van der Waals surface area contributed by atoms with Gasteiger partial charge in [0.2, 0.25) is 0 Å². The minimum Gasteiger partial charge on any atom is -0.326 e. The van der Waals surface area contributed by atoms with Gasteiger partial charge in [-0.1, -0.05) is 0 Å². The third-order valence-corrected chi connectivity index (χ3v) is 3.89. The second-order valence-electron chi connectivity index (χ2n) is 5.21. The van der Waals surface area contributed by atoms with Gasteiger partial charge in [-0.05, 0) is 43.9 Å². The smallest absolute Gasteiger partial charge is 0.0180 e. The monoisotopic (exact) mass is 180 g/mol. The van der Waals surface area contributed by atoms with Crippen molar-refractivity contribution in [1.82, 2.24) is 4.90 Å². The summed E-state index contributed by atoms with van der Waals surface area (Å²) in [5, 5.41) is 0. The summed E-state index contributed by atoms with van der Waals surface area (Å²) < 4.78 is 0. The van der Waals surface area contributed by atoms with Crippen molar-refractivity contribution >= 4 is 0 Å². The molecule has 0 unspecified atom stereocenters. The summed E-state index contributed by atoms with van der Waals surface area (Å²) in [6, 6.07) is 1.41. The molecule has 2 N–H and O–H groups in total. The Hall–Kier alpha value is -0.0800. The Kier molecular flexibility index (Phi) is 1.88. The van der Waals surface area contributed by atoms with Crippen molar-refractivity contribution in [1.29, 1.82) is 0 Å². The Balaban J connectivity index is 1.65. The molecule has 3 fully saturated rings. The highest BCUT2D eigenvalue weighted by Gasteiger charge is 2.45. The van der Waals surface area contributed by atoms with E-state index in [2.05, 4.69) is 4.90 Å². The summed E-state index contributed by atoms with van der Waals surface area (Å²) in [5.41, 5.74) is 5.96. The molecule has 2 heteroatoms. The highest BCUT2D eigenvalue weighted by atomic mass is 15.2. The fourth-order valence-corrected chi connectivity index (χ4v) is 2.94. The molecular formula is C11H20N2. The second-order valence-corrected chi connectivity index (χ2v) is 5.21. The zero-order valence-corrected chi connectivity index (χ0v) is 8.28. The first kappa shape index (κ1) is 8.25. The van der Waals surface area contributed by atoms with Crippen LogP contribution in [-0.4, -0.2) is 30.1 Å². The largest absolute Gasteiger partial charge is 0.326 e. The zero-order valence-electron chi connectivity index (χ0n) is 8.28. The zero-order chi connectivity index (χ0) is 8.84. The lowest BCUT2D eigenvalue weighted by Gasteiger charge is -2.27. The molecule has 0 aromatic rings. The molecule has 1 heterocycles. The van der Waals surface area contributed by atoms with E-state index in [1.54, 1.807) is 0 Å². The molecule has 2 aliphatic carbocycles. The lowest BCUT2D eigenvalue weighted by molar-refractivity contribution is 0.192. The van der Waals surface area contributed by atoms with Gasteiger partial charge in [0.1, 0.15) is 0 Å². The molecule has 1 saturated heterocycles. The number of hydrogen-bond acceptors (Lipinski definition) is 2. The van der Waals surface area contributed by atoms with Crippen molar-refractivity contribution < 1.29 is 0 Å². The first-order valence-electron chi connectivity index (χ1n) is 5.84. The molecule has 0 aromatic carbocycles. The second kappa shape index (κ2) is 2.96. The third-order valence-electron chi connectivity index (χ3n) is 3.89. The van der Waals surface area contributed by atoms with Gasteiger partial charge in [-0.2, -0.15) is 0 Å². The van der Waals surface area contributed by atoms with Crippen LogP contribution in [0.4, 0.5) is 0 Å². The Bertz CT molecular complexity index is 184. The van der Waals surface area contributed by atoms with Crippen LogP contribution in [0.3, 0.4) is 0 Å². The van der Waals surface area contributed by atoms with Crippen LogP contribution in [0.15, 0.2) is 0 Å². The molecule has 1 aliphatic heterocycles. The van der Waals surface area contributed by atoms with Gasteiger partial charge >= 0.3 is 0 Å². The van der Waals surface area contributed by atoms with E-state index in [1.807, 2.05) is 0 Å². The summed E-state index contributed by atoms with van der Waals surface area (Å²) in [7, 11) is 0. The van der Waals surface area contributed by atoms with Crippen molar-refractivity contribution in [3.8, 4) is 0 Å². The molecular weight excluding hydrogens is 160 g/mol. The maximum Gasteiger partial charge on any atom is 0.0180 e. The van der Waals surface area contributed by atoms with Crippen molar-refractivity contribution in [2.45, 2.75) is 44.2 Å². The van der Waals surface area contributed by atoms with Gasteiger partial charge in [-0.15, -0.1) is 0 Å². The summed E-state index contributed by atoms with van der Waals surface area (Å²) in [6.45, 7) is 2.45. The first-order valence-corrected chi connectivity index (χ1v) is 5.84. The lowest BCUT2D eigenvalue weighted by Crippen LogP contribution is -2.38. The summed E-state index contributed by atoms with van der Waals surface area (Å²) in [5.74, 6) is 2.11. The van der Waals surface area contributed by atoms with E-state index in [4.69, 9.17) is 5.73 Å². The van der Waals surface area contributed by atoms with Gasteiger partial charge in [0.05, 0.1) is 0 Å². The van der Waals surface area contributed by atoms with Gasteiger partial charge < -0.3 is 5.73 Å². The predicted molar refractivity (Wildman–Crippen MR) is 53.4 cm³/mol. The minimum atomic E-state index is 0.472. The Labute approximate surface area is 80.5 Å². The predicted octanol–water partition coefficient (Wildman–Crippen LogP) is 1.21. The number of hydrogen-bond donors (Lipinski definition) is 1. The van der Waals surface area contributed by atoms with E-state index in [-0.39, 0.29) is 0 Å². The average Bonchev–Trinajstić information content (AvgIpc) is 2.95.